The third kappa shape index (κ3) is 2.90. The molecule has 2 rings (SSSR count). The summed E-state index contributed by atoms with van der Waals surface area (Å²) in [6.07, 6.45) is 2.59. The Morgan fingerprint density at radius 1 is 1.50 bits per heavy atom. The number of nitrogens with zero attached hydrogens (tertiary/aromatic N) is 3. The number of hydrogen-bond donors (Lipinski definition) is 2. The molecule has 1 saturated heterocycles. The summed E-state index contributed by atoms with van der Waals surface area (Å²) in [5.41, 5.74) is 2.96. The van der Waals surface area contributed by atoms with Crippen LogP contribution >= 0.6 is 11.3 Å². The maximum Gasteiger partial charge on any atom is 0.219 e. The fraction of sp³-hybridized carbons (Fsp3) is 0.800. The first-order chi connectivity index (χ1) is 7.59. The van der Waals surface area contributed by atoms with E-state index in [2.05, 4.69) is 34.4 Å². The molecule has 1 aromatic rings. The highest BCUT2D eigenvalue weighted by Crippen LogP contribution is 2.29. The first-order valence-electron chi connectivity index (χ1n) is 5.60. The van der Waals surface area contributed by atoms with E-state index in [4.69, 9.17) is 5.84 Å². The normalized spacial score (nSPS) is 20.9. The van der Waals surface area contributed by atoms with Crippen molar-refractivity contribution in [2.45, 2.75) is 33.2 Å². The van der Waals surface area contributed by atoms with E-state index in [0.717, 1.165) is 24.6 Å². The van der Waals surface area contributed by atoms with E-state index in [0.29, 0.717) is 10.5 Å². The quantitative estimate of drug-likeness (QED) is 0.619. The number of likely N-dealkylation sites (tertiary alicyclic amines) is 1. The molecule has 1 fully saturated rings. The molecular weight excluding hydrogens is 222 g/mol. The molecule has 0 saturated carbocycles. The molecule has 16 heavy (non-hydrogen) atoms. The minimum atomic E-state index is 0.428. The second kappa shape index (κ2) is 4.65. The highest BCUT2D eigenvalue weighted by Gasteiger charge is 2.26. The molecule has 90 valence electrons. The highest BCUT2D eigenvalue weighted by atomic mass is 32.1. The molecule has 0 aliphatic carbocycles. The van der Waals surface area contributed by atoms with Crippen LogP contribution in [0.1, 0.15) is 31.7 Å². The first kappa shape index (κ1) is 11.8. The van der Waals surface area contributed by atoms with Gasteiger partial charge < -0.3 is 0 Å². The van der Waals surface area contributed by atoms with Gasteiger partial charge in [0.05, 0.1) is 6.54 Å². The van der Waals surface area contributed by atoms with Crippen molar-refractivity contribution in [2.24, 2.45) is 11.3 Å². The van der Waals surface area contributed by atoms with Crippen LogP contribution < -0.4 is 11.3 Å². The Hall–Kier alpha value is -0.720. The third-order valence-electron chi connectivity index (χ3n) is 2.93. The number of hydrazine groups is 1. The van der Waals surface area contributed by atoms with Crippen molar-refractivity contribution >= 4 is 16.5 Å². The van der Waals surface area contributed by atoms with Crippen molar-refractivity contribution < 1.29 is 0 Å². The van der Waals surface area contributed by atoms with Crippen LogP contribution in [0.3, 0.4) is 0 Å². The molecule has 5 nitrogen and oxygen atoms in total. The molecule has 0 amide bonds. The third-order valence-corrected chi connectivity index (χ3v) is 3.77. The van der Waals surface area contributed by atoms with Gasteiger partial charge in [-0.2, -0.15) is 0 Å². The van der Waals surface area contributed by atoms with E-state index >= 15 is 0 Å². The summed E-state index contributed by atoms with van der Waals surface area (Å²) in [5.74, 6) is 5.28. The van der Waals surface area contributed by atoms with Crippen LogP contribution in [0.5, 0.6) is 0 Å². The average Bonchev–Trinajstić information content (AvgIpc) is 2.64. The second-order valence-electron chi connectivity index (χ2n) is 5.12. The molecule has 1 aromatic heterocycles. The molecule has 2 heterocycles. The highest BCUT2D eigenvalue weighted by molar-refractivity contribution is 7.15. The van der Waals surface area contributed by atoms with Crippen LogP contribution in [-0.2, 0) is 6.54 Å². The van der Waals surface area contributed by atoms with Crippen LogP contribution in [-0.4, -0.2) is 28.2 Å². The SMILES string of the molecule is CC1(C)CCCN(Cc2nnc(NN)s2)C1. The Balaban J connectivity index is 1.94. The Labute approximate surface area is 100 Å². The van der Waals surface area contributed by atoms with E-state index in [1.807, 2.05) is 0 Å². The Morgan fingerprint density at radius 3 is 2.94 bits per heavy atom. The lowest BCUT2D eigenvalue weighted by atomic mass is 9.84. The zero-order valence-corrected chi connectivity index (χ0v) is 10.7. The van der Waals surface area contributed by atoms with Gasteiger partial charge in [0.2, 0.25) is 5.13 Å². The maximum atomic E-state index is 5.28. The number of nitrogens with one attached hydrogen (secondary N) is 1. The molecule has 0 bridgehead atoms. The monoisotopic (exact) mass is 241 g/mol. The molecule has 0 radical (unpaired) electrons. The number of piperidine rings is 1. The minimum absolute atomic E-state index is 0.428. The maximum absolute atomic E-state index is 5.28. The van der Waals surface area contributed by atoms with Crippen LogP contribution in [0.25, 0.3) is 0 Å². The minimum Gasteiger partial charge on any atom is -0.298 e. The molecular formula is C10H19N5S. The second-order valence-corrected chi connectivity index (χ2v) is 6.19. The largest absolute Gasteiger partial charge is 0.298 e. The fourth-order valence-electron chi connectivity index (χ4n) is 2.25. The lowest BCUT2D eigenvalue weighted by Gasteiger charge is -2.37. The molecule has 0 unspecified atom stereocenters. The number of anilines is 1. The van der Waals surface area contributed by atoms with Crippen LogP contribution in [0.15, 0.2) is 0 Å². The molecule has 0 atom stereocenters. The van der Waals surface area contributed by atoms with E-state index in [1.54, 1.807) is 0 Å². The van der Waals surface area contributed by atoms with E-state index in [-0.39, 0.29) is 0 Å². The smallest absolute Gasteiger partial charge is 0.219 e. The zero-order valence-electron chi connectivity index (χ0n) is 9.86. The average molecular weight is 241 g/mol. The van der Waals surface area contributed by atoms with E-state index < -0.39 is 0 Å². The van der Waals surface area contributed by atoms with Crippen LogP contribution in [0, 0.1) is 5.41 Å². The molecule has 3 N–H and O–H groups in total. The van der Waals surface area contributed by atoms with Gasteiger partial charge in [-0.25, -0.2) is 5.84 Å². The zero-order chi connectivity index (χ0) is 11.6. The van der Waals surface area contributed by atoms with E-state index in [9.17, 15) is 0 Å². The predicted octanol–water partition coefficient (Wildman–Crippen LogP) is 1.45. The van der Waals surface area contributed by atoms with Gasteiger partial charge in [0.25, 0.3) is 0 Å². The fourth-order valence-corrected chi connectivity index (χ4v) is 2.94. The lowest BCUT2D eigenvalue weighted by Crippen LogP contribution is -2.39. The van der Waals surface area contributed by atoms with E-state index in [1.165, 1.54) is 24.2 Å². The summed E-state index contributed by atoms with van der Waals surface area (Å²) >= 11 is 1.53. The van der Waals surface area contributed by atoms with Crippen LogP contribution in [0.2, 0.25) is 0 Å². The summed E-state index contributed by atoms with van der Waals surface area (Å²) in [6.45, 7) is 7.84. The Morgan fingerprint density at radius 2 is 2.31 bits per heavy atom. The Bertz CT molecular complexity index is 349. The van der Waals surface area contributed by atoms with Crippen molar-refractivity contribution in [1.82, 2.24) is 15.1 Å². The molecule has 1 aliphatic heterocycles. The Kier molecular flexibility index (Phi) is 3.41. The van der Waals surface area contributed by atoms with Crippen molar-refractivity contribution in [1.29, 1.82) is 0 Å². The van der Waals surface area contributed by atoms with Gasteiger partial charge in [0.1, 0.15) is 5.01 Å². The topological polar surface area (TPSA) is 67.1 Å². The van der Waals surface area contributed by atoms with Crippen molar-refractivity contribution in [3.05, 3.63) is 5.01 Å². The molecule has 6 heteroatoms. The number of aromatic nitrogens is 2. The summed E-state index contributed by atoms with van der Waals surface area (Å²) in [6, 6.07) is 0. The summed E-state index contributed by atoms with van der Waals surface area (Å²) in [5, 5.41) is 9.77. The molecule has 0 spiro atoms. The van der Waals surface area contributed by atoms with Gasteiger partial charge >= 0.3 is 0 Å². The number of nitrogens with two attached hydrogens (primary N) is 1. The van der Waals surface area contributed by atoms with Gasteiger partial charge in [-0.1, -0.05) is 25.2 Å². The van der Waals surface area contributed by atoms with Crippen molar-refractivity contribution in [3.8, 4) is 0 Å². The van der Waals surface area contributed by atoms with Crippen LogP contribution in [0.4, 0.5) is 5.13 Å². The van der Waals surface area contributed by atoms with Crippen molar-refractivity contribution in [2.75, 3.05) is 18.5 Å². The summed E-state index contributed by atoms with van der Waals surface area (Å²) in [4.78, 5) is 2.45. The van der Waals surface area contributed by atoms with Crippen molar-refractivity contribution in [3.63, 3.8) is 0 Å². The first-order valence-corrected chi connectivity index (χ1v) is 6.42. The van der Waals surface area contributed by atoms with Gasteiger partial charge in [-0.15, -0.1) is 10.2 Å². The van der Waals surface area contributed by atoms with Gasteiger partial charge in [0, 0.05) is 6.54 Å². The molecule has 0 aromatic carbocycles. The standard InChI is InChI=1S/C10H19N5S/c1-10(2)4-3-5-15(7-10)6-8-13-14-9(12-11)16-8/h3-7,11H2,1-2H3,(H,12,14). The number of hydrogen-bond acceptors (Lipinski definition) is 6. The van der Waals surface area contributed by atoms with Gasteiger partial charge in [-0.05, 0) is 24.8 Å². The lowest BCUT2D eigenvalue weighted by molar-refractivity contribution is 0.111. The van der Waals surface area contributed by atoms with Gasteiger partial charge in [0.15, 0.2) is 0 Å². The summed E-state index contributed by atoms with van der Waals surface area (Å²) in [7, 11) is 0. The molecule has 1 aliphatic rings. The predicted molar refractivity (Wildman–Crippen MR) is 66.0 cm³/mol. The summed E-state index contributed by atoms with van der Waals surface area (Å²) < 4.78 is 0. The number of nitrogen functional groups attached to an aromatic ring is 1. The number of rotatable bonds is 3. The van der Waals surface area contributed by atoms with Gasteiger partial charge in [-0.3, -0.25) is 10.3 Å².